The predicted octanol–water partition coefficient (Wildman–Crippen LogP) is 3.13. The highest BCUT2D eigenvalue weighted by Crippen LogP contribution is 2.32. The van der Waals surface area contributed by atoms with Gasteiger partial charge in [0.1, 0.15) is 6.61 Å². The Balaban J connectivity index is 1.15. The summed E-state index contributed by atoms with van der Waals surface area (Å²) >= 11 is 0. The molecule has 0 aromatic heterocycles. The third kappa shape index (κ3) is 3.30. The average molecular weight is 378 g/mol. The lowest BCUT2D eigenvalue weighted by atomic mass is 9.95. The molecule has 5 heteroatoms. The highest BCUT2D eigenvalue weighted by atomic mass is 16.6. The van der Waals surface area contributed by atoms with Crippen LogP contribution in [0.4, 0.5) is 5.69 Å². The van der Waals surface area contributed by atoms with Gasteiger partial charge in [0.2, 0.25) is 6.10 Å². The van der Waals surface area contributed by atoms with Gasteiger partial charge in [-0.15, -0.1) is 0 Å². The fourth-order valence-corrected chi connectivity index (χ4v) is 4.59. The Morgan fingerprint density at radius 2 is 1.71 bits per heavy atom. The summed E-state index contributed by atoms with van der Waals surface area (Å²) in [4.78, 5) is 17.4. The molecule has 2 aromatic carbocycles. The fraction of sp³-hybridized carbons (Fsp3) is 0.435. The molecule has 0 aliphatic carbocycles. The highest BCUT2D eigenvalue weighted by molar-refractivity contribution is 5.82. The first-order valence-corrected chi connectivity index (χ1v) is 10.3. The van der Waals surface area contributed by atoms with Gasteiger partial charge in [-0.05, 0) is 48.9 Å². The smallest absolute Gasteiger partial charge is 0.267 e. The lowest BCUT2D eigenvalue weighted by Crippen LogP contribution is -2.49. The molecule has 1 atom stereocenters. The first kappa shape index (κ1) is 17.4. The van der Waals surface area contributed by atoms with Crippen LogP contribution in [0.15, 0.2) is 48.5 Å². The van der Waals surface area contributed by atoms with Gasteiger partial charge in [-0.1, -0.05) is 30.3 Å². The minimum absolute atomic E-state index is 0.0551. The molecule has 1 fully saturated rings. The van der Waals surface area contributed by atoms with Crippen LogP contribution in [0.3, 0.4) is 0 Å². The van der Waals surface area contributed by atoms with Crippen LogP contribution in [0, 0.1) is 5.92 Å². The molecular weight excluding hydrogens is 352 g/mol. The molecule has 0 N–H and O–H groups in total. The zero-order valence-electron chi connectivity index (χ0n) is 16.0. The van der Waals surface area contributed by atoms with Crippen molar-refractivity contribution in [1.29, 1.82) is 0 Å². The number of nitrogens with zero attached hydrogens (tertiary/aromatic N) is 2. The third-order valence-electron chi connectivity index (χ3n) is 6.17. The van der Waals surface area contributed by atoms with Crippen molar-refractivity contribution < 1.29 is 14.3 Å². The summed E-state index contributed by atoms with van der Waals surface area (Å²) in [5, 5.41) is 0. The minimum Gasteiger partial charge on any atom is -0.485 e. The van der Waals surface area contributed by atoms with E-state index in [1.165, 1.54) is 11.3 Å². The number of hydrogen-bond donors (Lipinski definition) is 0. The van der Waals surface area contributed by atoms with Crippen LogP contribution in [-0.2, 0) is 11.2 Å². The van der Waals surface area contributed by atoms with E-state index in [9.17, 15) is 4.79 Å². The summed E-state index contributed by atoms with van der Waals surface area (Å²) in [7, 11) is 0. The number of likely N-dealkylation sites (tertiary alicyclic amines) is 1. The van der Waals surface area contributed by atoms with Gasteiger partial charge in [0, 0.05) is 31.9 Å². The van der Waals surface area contributed by atoms with E-state index in [-0.39, 0.29) is 5.91 Å². The van der Waals surface area contributed by atoms with E-state index < -0.39 is 6.10 Å². The van der Waals surface area contributed by atoms with Crippen molar-refractivity contribution in [2.24, 2.45) is 5.92 Å². The van der Waals surface area contributed by atoms with Crippen molar-refractivity contribution in [3.8, 4) is 11.5 Å². The molecule has 5 rings (SSSR count). The van der Waals surface area contributed by atoms with E-state index in [4.69, 9.17) is 9.47 Å². The molecule has 2 aromatic rings. The Labute approximate surface area is 165 Å². The zero-order valence-corrected chi connectivity index (χ0v) is 16.0. The van der Waals surface area contributed by atoms with Gasteiger partial charge in [0.25, 0.3) is 5.91 Å². The van der Waals surface area contributed by atoms with Crippen LogP contribution in [0.5, 0.6) is 11.5 Å². The summed E-state index contributed by atoms with van der Waals surface area (Å²) in [5.41, 5.74) is 2.86. The normalized spacial score (nSPS) is 21.5. The quantitative estimate of drug-likeness (QED) is 0.823. The number of ether oxygens (including phenoxy) is 2. The largest absolute Gasteiger partial charge is 0.485 e. The maximum atomic E-state index is 12.9. The van der Waals surface area contributed by atoms with Crippen LogP contribution in [-0.4, -0.2) is 49.7 Å². The number of hydrogen-bond acceptors (Lipinski definition) is 4. The van der Waals surface area contributed by atoms with Crippen LogP contribution in [0.25, 0.3) is 0 Å². The number of carbonyl (C=O) groups excluding carboxylic acids is 1. The molecule has 0 radical (unpaired) electrons. The lowest BCUT2D eigenvalue weighted by Gasteiger charge is -2.36. The van der Waals surface area contributed by atoms with E-state index in [1.807, 2.05) is 29.2 Å². The SMILES string of the molecule is O=C(C1COc2ccccc2O1)N1CCC(CN2CCc3ccccc32)CC1. The monoisotopic (exact) mass is 378 g/mol. The van der Waals surface area contributed by atoms with Crippen molar-refractivity contribution in [3.05, 3.63) is 54.1 Å². The van der Waals surface area contributed by atoms with Gasteiger partial charge >= 0.3 is 0 Å². The summed E-state index contributed by atoms with van der Waals surface area (Å²) in [6.45, 7) is 4.11. The van der Waals surface area contributed by atoms with Crippen molar-refractivity contribution in [1.82, 2.24) is 4.90 Å². The minimum atomic E-state index is -0.531. The van der Waals surface area contributed by atoms with Gasteiger partial charge in [0.05, 0.1) is 0 Å². The summed E-state index contributed by atoms with van der Waals surface area (Å²) in [6.07, 6.45) is 2.72. The van der Waals surface area contributed by atoms with Gasteiger partial charge in [-0.2, -0.15) is 0 Å². The Morgan fingerprint density at radius 3 is 2.57 bits per heavy atom. The molecule has 0 bridgehead atoms. The zero-order chi connectivity index (χ0) is 18.9. The first-order valence-electron chi connectivity index (χ1n) is 10.3. The van der Waals surface area contributed by atoms with E-state index >= 15 is 0 Å². The Morgan fingerprint density at radius 1 is 0.964 bits per heavy atom. The predicted molar refractivity (Wildman–Crippen MR) is 108 cm³/mol. The number of amides is 1. The standard InChI is InChI=1S/C23H26N2O3/c26-23(22-16-27-20-7-3-4-8-21(20)28-22)24-12-9-17(10-13-24)15-25-14-11-18-5-1-2-6-19(18)25/h1-8,17,22H,9-16H2. The molecule has 1 unspecified atom stereocenters. The molecule has 3 aliphatic heterocycles. The Hall–Kier alpha value is -2.69. The van der Waals surface area contributed by atoms with Crippen molar-refractivity contribution in [2.45, 2.75) is 25.4 Å². The molecule has 146 valence electrons. The van der Waals surface area contributed by atoms with Crippen LogP contribution in [0.1, 0.15) is 18.4 Å². The number of para-hydroxylation sites is 3. The van der Waals surface area contributed by atoms with Crippen LogP contribution >= 0.6 is 0 Å². The Bertz CT molecular complexity index is 860. The maximum Gasteiger partial charge on any atom is 0.267 e. The maximum absolute atomic E-state index is 12.9. The molecular formula is C23H26N2O3. The topological polar surface area (TPSA) is 42.0 Å². The number of benzene rings is 2. The molecule has 1 amide bonds. The van der Waals surface area contributed by atoms with E-state index in [1.54, 1.807) is 0 Å². The number of rotatable bonds is 3. The van der Waals surface area contributed by atoms with E-state index in [2.05, 4.69) is 29.2 Å². The highest BCUT2D eigenvalue weighted by Gasteiger charge is 2.33. The van der Waals surface area contributed by atoms with E-state index in [0.29, 0.717) is 18.3 Å². The van der Waals surface area contributed by atoms with E-state index in [0.717, 1.165) is 51.2 Å². The number of anilines is 1. The molecule has 5 nitrogen and oxygen atoms in total. The Kier molecular flexibility index (Phi) is 4.59. The second-order valence-electron chi connectivity index (χ2n) is 7.96. The number of piperidine rings is 1. The molecule has 1 saturated heterocycles. The van der Waals surface area contributed by atoms with Gasteiger partial charge in [0.15, 0.2) is 11.5 Å². The number of fused-ring (bicyclic) bond motifs is 2. The summed E-state index contributed by atoms with van der Waals surface area (Å²) < 4.78 is 11.6. The molecule has 28 heavy (non-hydrogen) atoms. The lowest BCUT2D eigenvalue weighted by molar-refractivity contribution is -0.142. The summed E-state index contributed by atoms with van der Waals surface area (Å²) in [6, 6.07) is 16.3. The second kappa shape index (κ2) is 7.38. The van der Waals surface area contributed by atoms with Crippen LogP contribution in [0.2, 0.25) is 0 Å². The second-order valence-corrected chi connectivity index (χ2v) is 7.96. The van der Waals surface area contributed by atoms with Crippen LogP contribution < -0.4 is 14.4 Å². The molecule has 3 heterocycles. The molecule has 0 saturated carbocycles. The fourth-order valence-electron chi connectivity index (χ4n) is 4.59. The third-order valence-corrected chi connectivity index (χ3v) is 6.17. The van der Waals surface area contributed by atoms with Crippen molar-refractivity contribution in [3.63, 3.8) is 0 Å². The number of carbonyl (C=O) groups is 1. The molecule has 0 spiro atoms. The molecule has 3 aliphatic rings. The van der Waals surface area contributed by atoms with Crippen molar-refractivity contribution in [2.75, 3.05) is 37.7 Å². The van der Waals surface area contributed by atoms with Gasteiger partial charge in [-0.25, -0.2) is 0 Å². The van der Waals surface area contributed by atoms with Gasteiger partial charge in [-0.3, -0.25) is 4.79 Å². The average Bonchev–Trinajstić information content (AvgIpc) is 3.16. The summed E-state index contributed by atoms with van der Waals surface area (Å²) in [5.74, 6) is 2.07. The van der Waals surface area contributed by atoms with Crippen molar-refractivity contribution >= 4 is 11.6 Å². The first-order chi connectivity index (χ1) is 13.8. The van der Waals surface area contributed by atoms with Gasteiger partial charge < -0.3 is 19.3 Å².